The molecule has 0 saturated carbocycles. The molecule has 0 spiro atoms. The molecule has 1 aromatic carbocycles. The Morgan fingerprint density at radius 3 is 2.78 bits per heavy atom. The zero-order valence-corrected chi connectivity index (χ0v) is 14.8. The standard InChI is InChI=1S/C15H14ClN3O2S2/c1-19(2)23(20,21)11-3-4-13-14(8-11)18-15(17-13)12(16)7-10-5-6-22-9-10/h3-9H,1-2H3,(H,17,18). The lowest BCUT2D eigenvalue weighted by Crippen LogP contribution is -2.22. The van der Waals surface area contributed by atoms with Crippen LogP contribution in [0, 0.1) is 0 Å². The normalized spacial score (nSPS) is 13.1. The predicted octanol–water partition coefficient (Wildman–Crippen LogP) is 3.61. The van der Waals surface area contributed by atoms with Gasteiger partial charge in [0.1, 0.15) is 5.82 Å². The van der Waals surface area contributed by atoms with Crippen LogP contribution >= 0.6 is 22.9 Å². The molecule has 2 heterocycles. The predicted molar refractivity (Wildman–Crippen MR) is 95.0 cm³/mol. The maximum absolute atomic E-state index is 12.2. The van der Waals surface area contributed by atoms with E-state index in [-0.39, 0.29) is 4.90 Å². The highest BCUT2D eigenvalue weighted by Crippen LogP contribution is 2.25. The van der Waals surface area contributed by atoms with Crippen LogP contribution in [0.15, 0.2) is 39.9 Å². The Morgan fingerprint density at radius 2 is 2.13 bits per heavy atom. The van der Waals surface area contributed by atoms with Crippen LogP contribution in [0.3, 0.4) is 0 Å². The molecule has 3 aromatic rings. The highest BCUT2D eigenvalue weighted by atomic mass is 35.5. The van der Waals surface area contributed by atoms with Crippen molar-refractivity contribution < 1.29 is 8.42 Å². The number of nitrogens with one attached hydrogen (secondary N) is 1. The van der Waals surface area contributed by atoms with Gasteiger partial charge in [0, 0.05) is 14.1 Å². The molecule has 0 bridgehead atoms. The van der Waals surface area contributed by atoms with E-state index in [9.17, 15) is 8.42 Å². The van der Waals surface area contributed by atoms with Crippen LogP contribution in [0.2, 0.25) is 0 Å². The molecule has 0 fully saturated rings. The minimum absolute atomic E-state index is 0.211. The van der Waals surface area contributed by atoms with E-state index in [0.29, 0.717) is 21.9 Å². The first-order chi connectivity index (χ1) is 10.9. The van der Waals surface area contributed by atoms with Crippen LogP contribution in [-0.4, -0.2) is 36.8 Å². The summed E-state index contributed by atoms with van der Waals surface area (Å²) in [6, 6.07) is 6.73. The van der Waals surface area contributed by atoms with E-state index in [1.807, 2.05) is 22.9 Å². The lowest BCUT2D eigenvalue weighted by molar-refractivity contribution is 0.521. The molecular formula is C15H14ClN3O2S2. The fourth-order valence-corrected chi connectivity index (χ4v) is 3.81. The Morgan fingerprint density at radius 1 is 1.35 bits per heavy atom. The third-order valence-corrected chi connectivity index (χ3v) is 6.10. The molecule has 120 valence electrons. The maximum Gasteiger partial charge on any atom is 0.242 e. The van der Waals surface area contributed by atoms with Crippen molar-refractivity contribution in [3.05, 3.63) is 46.4 Å². The summed E-state index contributed by atoms with van der Waals surface area (Å²) in [4.78, 5) is 7.68. The summed E-state index contributed by atoms with van der Waals surface area (Å²) in [7, 11) is -0.484. The summed E-state index contributed by atoms with van der Waals surface area (Å²) in [5.41, 5.74) is 2.28. The second-order valence-electron chi connectivity index (χ2n) is 5.10. The Hall–Kier alpha value is -1.67. The molecule has 0 amide bonds. The quantitative estimate of drug-likeness (QED) is 0.766. The first-order valence-electron chi connectivity index (χ1n) is 6.70. The number of hydrogen-bond donors (Lipinski definition) is 1. The summed E-state index contributed by atoms with van der Waals surface area (Å²) in [6.07, 6.45) is 1.81. The molecule has 0 aliphatic carbocycles. The first kappa shape index (κ1) is 16.2. The van der Waals surface area contributed by atoms with E-state index in [1.165, 1.54) is 18.4 Å². The second kappa shape index (κ2) is 6.09. The highest BCUT2D eigenvalue weighted by Gasteiger charge is 2.18. The van der Waals surface area contributed by atoms with Gasteiger partial charge in [-0.25, -0.2) is 17.7 Å². The van der Waals surface area contributed by atoms with Gasteiger partial charge in [-0.05, 0) is 46.7 Å². The summed E-state index contributed by atoms with van der Waals surface area (Å²) in [6.45, 7) is 0. The van der Waals surface area contributed by atoms with Crippen molar-refractivity contribution >= 4 is 55.1 Å². The van der Waals surface area contributed by atoms with Crippen LogP contribution < -0.4 is 0 Å². The van der Waals surface area contributed by atoms with Gasteiger partial charge in [-0.3, -0.25) is 0 Å². The average molecular weight is 368 g/mol. The van der Waals surface area contributed by atoms with Gasteiger partial charge in [0.2, 0.25) is 10.0 Å². The number of hydrogen-bond acceptors (Lipinski definition) is 4. The Balaban J connectivity index is 2.03. The van der Waals surface area contributed by atoms with Gasteiger partial charge in [-0.2, -0.15) is 11.3 Å². The number of halogens is 1. The number of thiophene rings is 1. The van der Waals surface area contributed by atoms with E-state index in [0.717, 1.165) is 5.56 Å². The van der Waals surface area contributed by atoms with E-state index < -0.39 is 10.0 Å². The van der Waals surface area contributed by atoms with E-state index in [1.54, 1.807) is 29.5 Å². The highest BCUT2D eigenvalue weighted by molar-refractivity contribution is 7.89. The summed E-state index contributed by atoms with van der Waals surface area (Å²) in [5.74, 6) is 0.507. The number of nitrogens with zero attached hydrogens (tertiary/aromatic N) is 2. The van der Waals surface area contributed by atoms with Gasteiger partial charge in [-0.15, -0.1) is 0 Å². The van der Waals surface area contributed by atoms with Gasteiger partial charge in [0.25, 0.3) is 0 Å². The monoisotopic (exact) mass is 367 g/mol. The molecule has 0 aliphatic rings. The number of aromatic nitrogens is 2. The van der Waals surface area contributed by atoms with Crippen molar-refractivity contribution in [3.8, 4) is 0 Å². The van der Waals surface area contributed by atoms with E-state index >= 15 is 0 Å². The maximum atomic E-state index is 12.2. The topological polar surface area (TPSA) is 66.1 Å². The molecule has 8 heteroatoms. The van der Waals surface area contributed by atoms with Gasteiger partial charge >= 0.3 is 0 Å². The lowest BCUT2D eigenvalue weighted by Gasteiger charge is -2.10. The summed E-state index contributed by atoms with van der Waals surface area (Å²) in [5, 5.41) is 4.41. The van der Waals surface area contributed by atoms with Gasteiger partial charge in [0.15, 0.2) is 0 Å². The van der Waals surface area contributed by atoms with Crippen LogP contribution in [0.5, 0.6) is 0 Å². The number of sulfonamides is 1. The number of aromatic amines is 1. The van der Waals surface area contributed by atoms with Gasteiger partial charge in [0.05, 0.1) is 21.0 Å². The molecule has 3 rings (SSSR count). The zero-order valence-electron chi connectivity index (χ0n) is 12.4. The second-order valence-corrected chi connectivity index (χ2v) is 8.44. The molecule has 0 saturated heterocycles. The van der Waals surface area contributed by atoms with E-state index in [2.05, 4.69) is 9.97 Å². The third-order valence-electron chi connectivity index (χ3n) is 3.29. The van der Waals surface area contributed by atoms with E-state index in [4.69, 9.17) is 11.6 Å². The largest absolute Gasteiger partial charge is 0.337 e. The molecule has 0 radical (unpaired) electrons. The summed E-state index contributed by atoms with van der Waals surface area (Å²) >= 11 is 7.88. The van der Waals surface area contributed by atoms with Gasteiger partial charge < -0.3 is 4.98 Å². The lowest BCUT2D eigenvalue weighted by atomic mass is 10.3. The average Bonchev–Trinajstić information content (AvgIpc) is 3.14. The summed E-state index contributed by atoms with van der Waals surface area (Å²) < 4.78 is 25.5. The third kappa shape index (κ3) is 3.18. The minimum Gasteiger partial charge on any atom is -0.337 e. The van der Waals surface area contributed by atoms with Crippen molar-refractivity contribution in [3.63, 3.8) is 0 Å². The van der Waals surface area contributed by atoms with Crippen LogP contribution in [0.4, 0.5) is 0 Å². The number of imidazole rings is 1. The Labute approximate surface area is 143 Å². The van der Waals surface area contributed by atoms with Crippen molar-refractivity contribution in [2.75, 3.05) is 14.1 Å². The minimum atomic E-state index is -3.48. The van der Waals surface area contributed by atoms with Crippen LogP contribution in [-0.2, 0) is 10.0 Å². The molecule has 0 unspecified atom stereocenters. The van der Waals surface area contributed by atoms with Crippen molar-refractivity contribution in [1.29, 1.82) is 0 Å². The Bertz CT molecular complexity index is 973. The Kier molecular flexibility index (Phi) is 4.29. The smallest absolute Gasteiger partial charge is 0.242 e. The fourth-order valence-electron chi connectivity index (χ4n) is 2.04. The molecule has 0 aliphatic heterocycles. The SMILES string of the molecule is CN(C)S(=O)(=O)c1ccc2nc(C(Cl)=Cc3ccsc3)[nH]c2c1. The number of H-pyrrole nitrogens is 1. The van der Waals surface area contributed by atoms with Crippen LogP contribution in [0.25, 0.3) is 22.1 Å². The number of rotatable bonds is 4. The molecule has 23 heavy (non-hydrogen) atoms. The van der Waals surface area contributed by atoms with Crippen LogP contribution in [0.1, 0.15) is 11.4 Å². The number of fused-ring (bicyclic) bond motifs is 1. The zero-order chi connectivity index (χ0) is 16.6. The molecular weight excluding hydrogens is 354 g/mol. The molecule has 1 N–H and O–H groups in total. The molecule has 2 aromatic heterocycles. The van der Waals surface area contributed by atoms with Crippen molar-refractivity contribution in [1.82, 2.24) is 14.3 Å². The van der Waals surface area contributed by atoms with Gasteiger partial charge in [-0.1, -0.05) is 11.6 Å². The first-order valence-corrected chi connectivity index (χ1v) is 9.46. The van der Waals surface area contributed by atoms with Crippen molar-refractivity contribution in [2.24, 2.45) is 0 Å². The number of benzene rings is 1. The van der Waals surface area contributed by atoms with Crippen molar-refractivity contribution in [2.45, 2.75) is 4.90 Å². The molecule has 0 atom stereocenters. The molecule has 5 nitrogen and oxygen atoms in total. The fraction of sp³-hybridized carbons (Fsp3) is 0.133.